The van der Waals surface area contributed by atoms with Crippen LogP contribution in [-0.4, -0.2) is 31.0 Å². The van der Waals surface area contributed by atoms with Crippen molar-refractivity contribution in [1.29, 1.82) is 0 Å². The molecule has 1 amide bonds. The van der Waals surface area contributed by atoms with E-state index in [1.165, 1.54) is 25.7 Å². The van der Waals surface area contributed by atoms with Crippen molar-refractivity contribution < 1.29 is 4.79 Å². The molecule has 1 heterocycles. The van der Waals surface area contributed by atoms with Crippen LogP contribution in [0.3, 0.4) is 0 Å². The molecule has 5 heteroatoms. The van der Waals surface area contributed by atoms with Crippen LogP contribution in [0.5, 0.6) is 0 Å². The van der Waals surface area contributed by atoms with Crippen LogP contribution in [0, 0.1) is 0 Å². The highest BCUT2D eigenvalue weighted by Crippen LogP contribution is 2.20. The predicted molar refractivity (Wildman–Crippen MR) is 107 cm³/mol. The van der Waals surface area contributed by atoms with Crippen LogP contribution in [-0.2, 0) is 0 Å². The van der Waals surface area contributed by atoms with Crippen LogP contribution < -0.4 is 15.5 Å². The molecular formula is C21H28N4O. The molecule has 0 atom stereocenters. The minimum absolute atomic E-state index is 0.0706. The van der Waals surface area contributed by atoms with Gasteiger partial charge in [-0.3, -0.25) is 4.79 Å². The maximum atomic E-state index is 12.4. The van der Waals surface area contributed by atoms with E-state index in [-0.39, 0.29) is 5.91 Å². The van der Waals surface area contributed by atoms with Crippen LogP contribution in [0.15, 0.2) is 42.6 Å². The fourth-order valence-electron chi connectivity index (χ4n) is 3.29. The molecule has 0 unspecified atom stereocenters. The summed E-state index contributed by atoms with van der Waals surface area (Å²) in [6, 6.07) is 12.1. The van der Waals surface area contributed by atoms with Gasteiger partial charge in [0.05, 0.1) is 11.9 Å². The van der Waals surface area contributed by atoms with Crippen molar-refractivity contribution in [1.82, 2.24) is 10.3 Å². The standard InChI is InChI=1S/C21H28N4O/c1-25(2)19-12-9-17(10-13-19)23-18-11-14-20(22-15-18)21(26)24-16-7-5-3-4-6-8-16/h9-16,23H,3-8H2,1-2H3,(H,24,26). The average molecular weight is 352 g/mol. The molecule has 1 saturated carbocycles. The summed E-state index contributed by atoms with van der Waals surface area (Å²) in [5.74, 6) is -0.0706. The van der Waals surface area contributed by atoms with Gasteiger partial charge in [-0.2, -0.15) is 0 Å². The van der Waals surface area contributed by atoms with Crippen molar-refractivity contribution in [3.8, 4) is 0 Å². The quantitative estimate of drug-likeness (QED) is 0.786. The number of carbonyl (C=O) groups excluding carboxylic acids is 1. The Morgan fingerprint density at radius 2 is 1.62 bits per heavy atom. The molecule has 1 aromatic heterocycles. The monoisotopic (exact) mass is 352 g/mol. The number of rotatable bonds is 5. The largest absolute Gasteiger partial charge is 0.378 e. The minimum Gasteiger partial charge on any atom is -0.378 e. The highest BCUT2D eigenvalue weighted by atomic mass is 16.1. The number of anilines is 3. The second kappa shape index (κ2) is 8.70. The molecule has 26 heavy (non-hydrogen) atoms. The summed E-state index contributed by atoms with van der Waals surface area (Å²) in [5, 5.41) is 6.45. The van der Waals surface area contributed by atoms with Crippen molar-refractivity contribution >= 4 is 23.0 Å². The van der Waals surface area contributed by atoms with Crippen LogP contribution in [0.25, 0.3) is 0 Å². The lowest BCUT2D eigenvalue weighted by molar-refractivity contribution is 0.0928. The summed E-state index contributed by atoms with van der Waals surface area (Å²) in [6.07, 6.45) is 8.83. The Morgan fingerprint density at radius 3 is 2.19 bits per heavy atom. The molecule has 2 aromatic rings. The third-order valence-electron chi connectivity index (χ3n) is 4.86. The van der Waals surface area contributed by atoms with E-state index in [9.17, 15) is 4.79 Å². The lowest BCUT2D eigenvalue weighted by Gasteiger charge is -2.16. The Morgan fingerprint density at radius 1 is 0.962 bits per heavy atom. The summed E-state index contributed by atoms with van der Waals surface area (Å²) in [7, 11) is 4.04. The van der Waals surface area contributed by atoms with Crippen molar-refractivity contribution in [3.05, 3.63) is 48.3 Å². The van der Waals surface area contributed by atoms with E-state index in [0.717, 1.165) is 29.9 Å². The van der Waals surface area contributed by atoms with Gasteiger partial charge in [-0.05, 0) is 49.2 Å². The maximum absolute atomic E-state index is 12.4. The smallest absolute Gasteiger partial charge is 0.270 e. The van der Waals surface area contributed by atoms with Crippen molar-refractivity contribution in [2.24, 2.45) is 0 Å². The van der Waals surface area contributed by atoms with Gasteiger partial charge in [0.1, 0.15) is 5.69 Å². The number of nitrogens with one attached hydrogen (secondary N) is 2. The minimum atomic E-state index is -0.0706. The van der Waals surface area contributed by atoms with Gasteiger partial charge in [0.2, 0.25) is 0 Å². The molecule has 5 nitrogen and oxygen atoms in total. The van der Waals surface area contributed by atoms with E-state index >= 15 is 0 Å². The van der Waals surface area contributed by atoms with Gasteiger partial charge < -0.3 is 15.5 Å². The van der Waals surface area contributed by atoms with Gasteiger partial charge >= 0.3 is 0 Å². The lowest BCUT2D eigenvalue weighted by atomic mass is 10.1. The molecular weight excluding hydrogens is 324 g/mol. The van der Waals surface area contributed by atoms with Gasteiger partial charge in [0, 0.05) is 31.5 Å². The first kappa shape index (κ1) is 18.2. The van der Waals surface area contributed by atoms with E-state index in [1.54, 1.807) is 12.3 Å². The van der Waals surface area contributed by atoms with E-state index in [0.29, 0.717) is 11.7 Å². The summed E-state index contributed by atoms with van der Waals surface area (Å²) >= 11 is 0. The van der Waals surface area contributed by atoms with E-state index < -0.39 is 0 Å². The fourth-order valence-corrected chi connectivity index (χ4v) is 3.29. The van der Waals surface area contributed by atoms with E-state index in [4.69, 9.17) is 0 Å². The zero-order valence-electron chi connectivity index (χ0n) is 15.7. The van der Waals surface area contributed by atoms with Crippen molar-refractivity contribution in [3.63, 3.8) is 0 Å². The van der Waals surface area contributed by atoms with Crippen LogP contribution in [0.4, 0.5) is 17.1 Å². The number of pyridine rings is 1. The summed E-state index contributed by atoms with van der Waals surface area (Å²) in [4.78, 5) is 18.8. The number of carbonyl (C=O) groups is 1. The summed E-state index contributed by atoms with van der Waals surface area (Å²) in [6.45, 7) is 0. The highest BCUT2D eigenvalue weighted by molar-refractivity contribution is 5.92. The first-order valence-corrected chi connectivity index (χ1v) is 9.43. The number of nitrogens with zero attached hydrogens (tertiary/aromatic N) is 2. The lowest BCUT2D eigenvalue weighted by Crippen LogP contribution is -2.34. The number of hydrogen-bond donors (Lipinski definition) is 2. The number of aromatic nitrogens is 1. The molecule has 1 aliphatic rings. The average Bonchev–Trinajstić information content (AvgIpc) is 2.91. The molecule has 0 bridgehead atoms. The molecule has 2 N–H and O–H groups in total. The Bertz CT molecular complexity index is 702. The Kier molecular flexibility index (Phi) is 6.10. The molecule has 0 radical (unpaired) electrons. The normalized spacial score (nSPS) is 15.2. The molecule has 138 valence electrons. The Balaban J connectivity index is 1.58. The number of amides is 1. The van der Waals surface area contributed by atoms with Gasteiger partial charge in [-0.15, -0.1) is 0 Å². The molecule has 1 aliphatic carbocycles. The SMILES string of the molecule is CN(C)c1ccc(Nc2ccc(C(=O)NC3CCCCCC3)nc2)cc1. The van der Waals surface area contributed by atoms with Crippen LogP contribution in [0.1, 0.15) is 49.0 Å². The Labute approximate surface area is 155 Å². The molecule has 0 aliphatic heterocycles. The number of hydrogen-bond acceptors (Lipinski definition) is 4. The van der Waals surface area contributed by atoms with Crippen LogP contribution >= 0.6 is 0 Å². The topological polar surface area (TPSA) is 57.3 Å². The summed E-state index contributed by atoms with van der Waals surface area (Å²) < 4.78 is 0. The van der Waals surface area contributed by atoms with Crippen LogP contribution in [0.2, 0.25) is 0 Å². The third kappa shape index (κ3) is 4.97. The number of benzene rings is 1. The maximum Gasteiger partial charge on any atom is 0.270 e. The first-order valence-electron chi connectivity index (χ1n) is 9.43. The van der Waals surface area contributed by atoms with Gasteiger partial charge in [0.25, 0.3) is 5.91 Å². The molecule has 0 spiro atoms. The van der Waals surface area contributed by atoms with Crippen molar-refractivity contribution in [2.75, 3.05) is 24.3 Å². The van der Waals surface area contributed by atoms with E-state index in [2.05, 4.69) is 32.7 Å². The van der Waals surface area contributed by atoms with E-state index in [1.807, 2.05) is 32.3 Å². The fraction of sp³-hybridized carbons (Fsp3) is 0.429. The third-order valence-corrected chi connectivity index (χ3v) is 4.86. The highest BCUT2D eigenvalue weighted by Gasteiger charge is 2.16. The molecule has 0 saturated heterocycles. The van der Waals surface area contributed by atoms with Gasteiger partial charge in [-0.25, -0.2) is 4.98 Å². The predicted octanol–water partition coefficient (Wildman–Crippen LogP) is 4.34. The molecule has 1 aromatic carbocycles. The van der Waals surface area contributed by atoms with Crippen molar-refractivity contribution in [2.45, 2.75) is 44.6 Å². The molecule has 3 rings (SSSR count). The second-order valence-corrected chi connectivity index (χ2v) is 7.16. The zero-order valence-corrected chi connectivity index (χ0v) is 15.7. The first-order chi connectivity index (χ1) is 12.6. The summed E-state index contributed by atoms with van der Waals surface area (Å²) in [5.41, 5.74) is 3.49. The van der Waals surface area contributed by atoms with Gasteiger partial charge in [-0.1, -0.05) is 25.7 Å². The second-order valence-electron chi connectivity index (χ2n) is 7.16. The van der Waals surface area contributed by atoms with Gasteiger partial charge in [0.15, 0.2) is 0 Å². The molecule has 1 fully saturated rings. The Hall–Kier alpha value is -2.56. The zero-order chi connectivity index (χ0) is 18.4.